The van der Waals surface area contributed by atoms with Crippen molar-refractivity contribution in [2.75, 3.05) is 5.73 Å². The Labute approximate surface area is 353 Å². The van der Waals surface area contributed by atoms with Gasteiger partial charge in [-0.25, -0.2) is 21.0 Å². The van der Waals surface area contributed by atoms with Crippen LogP contribution in [0.2, 0.25) is 0 Å². The molecule has 0 amide bonds. The third-order valence-corrected chi connectivity index (χ3v) is 8.42. The number of fused-ring (bicyclic) bond motifs is 2. The van der Waals surface area contributed by atoms with Gasteiger partial charge >= 0.3 is 88.7 Å². The van der Waals surface area contributed by atoms with Crippen LogP contribution in [0.4, 0.5) is 28.4 Å². The van der Waals surface area contributed by atoms with Crippen molar-refractivity contribution >= 4 is 81.6 Å². The van der Waals surface area contributed by atoms with E-state index in [1.54, 1.807) is 24.3 Å². The molecule has 0 aromatic heterocycles. The Bertz CT molecular complexity index is 2440. The van der Waals surface area contributed by atoms with E-state index in [0.29, 0.717) is 11.4 Å². The molecule has 5 aromatic rings. The van der Waals surface area contributed by atoms with Gasteiger partial charge < -0.3 is 33.4 Å². The van der Waals surface area contributed by atoms with E-state index in [-0.39, 0.29) is 122 Å². The SMILES string of the molecule is C#COc1ccc(N=Nc2ccc(N=Nc3c(OS(=O)[O-])cc4cc(S(=O)(=O)[O-])c(N)cc4c3O)c3cc(S(=O)(=O)[O-])ccc23)cc1.[Na+].[Na+].[Na+]. The zero-order chi connectivity index (χ0) is 34.1. The van der Waals surface area contributed by atoms with Crippen molar-refractivity contribution in [3.63, 3.8) is 0 Å². The maximum Gasteiger partial charge on any atom is 1.00 e. The Hall–Kier alpha value is -2.49. The molecule has 22 heteroatoms. The molecule has 50 heavy (non-hydrogen) atoms. The maximum atomic E-state index is 11.8. The van der Waals surface area contributed by atoms with E-state index in [1.807, 2.05) is 6.11 Å². The largest absolute Gasteiger partial charge is 1.00 e. The number of nitrogen functional groups attached to an aromatic ring is 1. The van der Waals surface area contributed by atoms with E-state index in [4.69, 9.17) is 21.1 Å². The minimum absolute atomic E-state index is 0. The van der Waals surface area contributed by atoms with E-state index >= 15 is 0 Å². The minimum atomic E-state index is -5.04. The molecule has 0 spiro atoms. The Balaban J connectivity index is 0.00000289. The molecule has 0 bridgehead atoms. The number of nitrogens with zero attached hydrogens (tertiary/aromatic N) is 4. The molecule has 0 heterocycles. The molecular formula is C28H16N5Na3O11S3. The number of nitrogens with two attached hydrogens (primary N) is 1. The van der Waals surface area contributed by atoms with E-state index in [1.165, 1.54) is 18.2 Å². The second-order valence-electron chi connectivity index (χ2n) is 9.30. The maximum absolute atomic E-state index is 11.8. The topological polar surface area (TPSA) is 269 Å². The van der Waals surface area contributed by atoms with Crippen LogP contribution in [0, 0.1) is 12.5 Å². The molecule has 0 aliphatic heterocycles. The number of terminal acetylenes is 1. The summed E-state index contributed by atoms with van der Waals surface area (Å²) in [6, 6.07) is 15.2. The molecule has 0 saturated heterocycles. The number of anilines is 1. The van der Waals surface area contributed by atoms with Crippen LogP contribution in [0.1, 0.15) is 0 Å². The summed E-state index contributed by atoms with van der Waals surface area (Å²) in [7, 11) is -9.98. The van der Waals surface area contributed by atoms with Crippen LogP contribution in [0.5, 0.6) is 17.2 Å². The van der Waals surface area contributed by atoms with Gasteiger partial charge in [-0.1, -0.05) is 12.5 Å². The molecular weight excluding hydrogens is 748 g/mol. The van der Waals surface area contributed by atoms with Gasteiger partial charge in [-0.05, 0) is 72.1 Å². The predicted molar refractivity (Wildman–Crippen MR) is 164 cm³/mol. The molecule has 1 unspecified atom stereocenters. The predicted octanol–water partition coefficient (Wildman–Crippen LogP) is -3.93. The molecule has 5 rings (SSSR count). The van der Waals surface area contributed by atoms with Gasteiger partial charge in [0.1, 0.15) is 43.5 Å². The fourth-order valence-electron chi connectivity index (χ4n) is 4.33. The van der Waals surface area contributed by atoms with Gasteiger partial charge in [0.15, 0.2) is 17.2 Å². The van der Waals surface area contributed by atoms with Crippen molar-refractivity contribution < 1.29 is 137 Å². The first-order valence-corrected chi connectivity index (χ1v) is 16.4. The van der Waals surface area contributed by atoms with Gasteiger partial charge in [0.2, 0.25) is 0 Å². The molecule has 1 atom stereocenters. The molecule has 0 saturated carbocycles. The molecule has 16 nitrogen and oxygen atoms in total. The zero-order valence-corrected chi connectivity index (χ0v) is 34.6. The second-order valence-corrected chi connectivity index (χ2v) is 12.6. The van der Waals surface area contributed by atoms with Gasteiger partial charge in [0, 0.05) is 21.8 Å². The van der Waals surface area contributed by atoms with Crippen LogP contribution < -0.4 is 103 Å². The smallest absolute Gasteiger partial charge is 0.744 e. The fraction of sp³-hybridized carbons (Fsp3) is 0. The summed E-state index contributed by atoms with van der Waals surface area (Å²) in [4.78, 5) is -1.44. The molecule has 3 N–H and O–H groups in total. The number of hydrogen-bond donors (Lipinski definition) is 2. The Morgan fingerprint density at radius 2 is 1.40 bits per heavy atom. The van der Waals surface area contributed by atoms with E-state index in [9.17, 15) is 39.8 Å². The summed E-state index contributed by atoms with van der Waals surface area (Å²) in [5, 5.41) is 27.3. The van der Waals surface area contributed by atoms with Gasteiger partial charge in [-0.3, -0.25) is 0 Å². The van der Waals surface area contributed by atoms with Gasteiger partial charge in [0.05, 0.1) is 26.9 Å². The summed E-state index contributed by atoms with van der Waals surface area (Å²) >= 11 is -3.22. The molecule has 0 aliphatic rings. The Morgan fingerprint density at radius 3 is 1.98 bits per heavy atom. The standard InChI is InChI=1S/C28H19N5O11S3.3Na/c1-2-43-17-5-3-16(4-6-17)30-31-23-9-10-24(21-13-18(46(37,38)39)7-8-19(21)23)32-33-27-25(44-45(35)36)11-15-12-26(47(40,41)42)22(29)14-20(15)28(27)34;;;/h1,3-14,34H,29H2,(H,35,36)(H,37,38,39)(H,40,41,42);;;/q;3*+1/p-3. The van der Waals surface area contributed by atoms with Crippen molar-refractivity contribution in [1.29, 1.82) is 0 Å². The minimum Gasteiger partial charge on any atom is -0.744 e. The number of azo groups is 2. The van der Waals surface area contributed by atoms with Crippen LogP contribution in [0.25, 0.3) is 21.5 Å². The molecule has 0 radical (unpaired) electrons. The third-order valence-electron chi connectivity index (χ3n) is 6.38. The van der Waals surface area contributed by atoms with Crippen molar-refractivity contribution in [2.45, 2.75) is 9.79 Å². The van der Waals surface area contributed by atoms with Gasteiger partial charge in [0.25, 0.3) is 0 Å². The quantitative estimate of drug-likeness (QED) is 0.0364. The Kier molecular flexibility index (Phi) is 15.6. The number of phenolic OH excluding ortho intramolecular Hbond substituents is 1. The van der Waals surface area contributed by atoms with E-state index in [0.717, 1.165) is 30.3 Å². The normalized spacial score (nSPS) is 12.1. The summed E-state index contributed by atoms with van der Waals surface area (Å²) in [6.45, 7) is 0. The van der Waals surface area contributed by atoms with Crippen molar-refractivity contribution in [3.8, 4) is 29.8 Å². The second kappa shape index (κ2) is 17.8. The van der Waals surface area contributed by atoms with Crippen molar-refractivity contribution in [1.82, 2.24) is 0 Å². The number of phenols is 1. The third kappa shape index (κ3) is 10.1. The van der Waals surface area contributed by atoms with E-state index < -0.39 is 64.3 Å². The first-order chi connectivity index (χ1) is 22.2. The summed E-state index contributed by atoms with van der Waals surface area (Å²) in [5.41, 5.74) is 5.18. The monoisotopic (exact) mass is 763 g/mol. The van der Waals surface area contributed by atoms with Gasteiger partial charge in [-0.15, -0.1) is 15.3 Å². The fourth-order valence-corrected chi connectivity index (χ4v) is 5.72. The summed E-state index contributed by atoms with van der Waals surface area (Å²) < 4.78 is 103. The summed E-state index contributed by atoms with van der Waals surface area (Å²) in [6.07, 6.45) is 7.14. The number of rotatable bonds is 9. The first-order valence-electron chi connectivity index (χ1n) is 12.6. The Morgan fingerprint density at radius 1 is 0.780 bits per heavy atom. The molecule has 240 valence electrons. The van der Waals surface area contributed by atoms with Crippen molar-refractivity contribution in [3.05, 3.63) is 72.8 Å². The number of aromatic hydroxyl groups is 1. The van der Waals surface area contributed by atoms with Crippen LogP contribution >= 0.6 is 0 Å². The zero-order valence-electron chi connectivity index (χ0n) is 26.1. The van der Waals surface area contributed by atoms with Crippen LogP contribution in [-0.4, -0.2) is 39.8 Å². The van der Waals surface area contributed by atoms with E-state index in [2.05, 4.69) is 20.5 Å². The summed E-state index contributed by atoms with van der Waals surface area (Å²) in [5.74, 6) is -0.985. The van der Waals surface area contributed by atoms with Crippen LogP contribution in [0.15, 0.2) is 103 Å². The van der Waals surface area contributed by atoms with Crippen LogP contribution in [-0.2, 0) is 31.6 Å². The van der Waals surface area contributed by atoms with Gasteiger partial charge in [-0.2, -0.15) is 5.11 Å². The average Bonchev–Trinajstić information content (AvgIpc) is 2.99. The number of ether oxygens (including phenoxy) is 1. The average molecular weight is 764 g/mol. The molecule has 0 aliphatic carbocycles. The molecule has 5 aromatic carbocycles. The number of benzene rings is 5. The molecule has 0 fully saturated rings. The van der Waals surface area contributed by atoms with Crippen molar-refractivity contribution in [2.24, 2.45) is 20.5 Å². The van der Waals surface area contributed by atoms with Crippen LogP contribution in [0.3, 0.4) is 0 Å². The first kappa shape index (κ1) is 43.7. The number of hydrogen-bond acceptors (Lipinski definition) is 16.